The normalized spacial score (nSPS) is 12.1. The van der Waals surface area contributed by atoms with Gasteiger partial charge in [-0.05, 0) is 25.1 Å². The largest absolute Gasteiger partial charge is 0.491 e. The van der Waals surface area contributed by atoms with Gasteiger partial charge in [-0.15, -0.1) is 0 Å². The van der Waals surface area contributed by atoms with E-state index in [0.29, 0.717) is 16.8 Å². The van der Waals surface area contributed by atoms with Crippen LogP contribution in [0.25, 0.3) is 22.0 Å². The lowest BCUT2D eigenvalue weighted by Crippen LogP contribution is -2.32. The molecule has 1 heterocycles. The maximum Gasteiger partial charge on any atom is 0.274 e. The summed E-state index contributed by atoms with van der Waals surface area (Å²) in [5, 5.41) is 16.4. The van der Waals surface area contributed by atoms with E-state index in [9.17, 15) is 9.90 Å². The highest BCUT2D eigenvalue weighted by molar-refractivity contribution is 5.93. The molecule has 0 aliphatic heterocycles. The number of hydrogen-bond acceptors (Lipinski definition) is 4. The van der Waals surface area contributed by atoms with Crippen molar-refractivity contribution in [2.75, 3.05) is 6.61 Å². The molecule has 1 atom stereocenters. The van der Waals surface area contributed by atoms with Crippen LogP contribution in [0.2, 0.25) is 0 Å². The van der Waals surface area contributed by atoms with Crippen LogP contribution in [-0.2, 0) is 6.54 Å². The number of hydrogen-bond donors (Lipinski definition) is 1. The van der Waals surface area contributed by atoms with Crippen LogP contribution in [0.1, 0.15) is 5.56 Å². The Morgan fingerprint density at radius 2 is 1.59 bits per heavy atom. The minimum absolute atomic E-state index is 0.0510. The van der Waals surface area contributed by atoms with E-state index in [1.54, 1.807) is 6.07 Å². The Labute approximate surface area is 168 Å². The molecular formula is C24H22N2O3. The highest BCUT2D eigenvalue weighted by atomic mass is 16.5. The predicted molar refractivity (Wildman–Crippen MR) is 114 cm³/mol. The van der Waals surface area contributed by atoms with Crippen LogP contribution in [0.15, 0.2) is 83.7 Å². The fraction of sp³-hybridized carbons (Fsp3) is 0.167. The van der Waals surface area contributed by atoms with Gasteiger partial charge in [0, 0.05) is 10.9 Å². The van der Waals surface area contributed by atoms with Crippen LogP contribution in [0, 0.1) is 6.92 Å². The van der Waals surface area contributed by atoms with Gasteiger partial charge in [-0.3, -0.25) is 4.79 Å². The van der Waals surface area contributed by atoms with Gasteiger partial charge in [0.15, 0.2) is 0 Å². The van der Waals surface area contributed by atoms with Crippen LogP contribution in [0.4, 0.5) is 0 Å². The fourth-order valence-electron chi connectivity index (χ4n) is 3.25. The maximum atomic E-state index is 12.9. The molecule has 0 fully saturated rings. The van der Waals surface area contributed by atoms with Crippen LogP contribution in [0.5, 0.6) is 5.75 Å². The van der Waals surface area contributed by atoms with Gasteiger partial charge in [0.1, 0.15) is 18.5 Å². The molecule has 0 saturated heterocycles. The summed E-state index contributed by atoms with van der Waals surface area (Å²) in [5.41, 5.74) is 2.54. The average molecular weight is 386 g/mol. The molecule has 4 rings (SSSR count). The Morgan fingerprint density at radius 1 is 0.931 bits per heavy atom. The number of aryl methyl sites for hydroxylation is 1. The van der Waals surface area contributed by atoms with E-state index in [2.05, 4.69) is 5.10 Å². The summed E-state index contributed by atoms with van der Waals surface area (Å²) in [5.74, 6) is 0.679. The average Bonchev–Trinajstić information content (AvgIpc) is 2.76. The first kappa shape index (κ1) is 18.9. The minimum Gasteiger partial charge on any atom is -0.491 e. The molecule has 1 N–H and O–H groups in total. The van der Waals surface area contributed by atoms with E-state index < -0.39 is 6.10 Å². The molecule has 0 saturated carbocycles. The zero-order valence-corrected chi connectivity index (χ0v) is 16.2. The zero-order chi connectivity index (χ0) is 20.2. The third-order valence-corrected chi connectivity index (χ3v) is 4.76. The summed E-state index contributed by atoms with van der Waals surface area (Å²) in [6.45, 7) is 2.13. The van der Waals surface area contributed by atoms with Gasteiger partial charge in [0.2, 0.25) is 0 Å². The predicted octanol–water partition coefficient (Wildman–Crippen LogP) is 3.81. The number of rotatable bonds is 6. The van der Waals surface area contributed by atoms with E-state index in [-0.39, 0.29) is 18.7 Å². The Balaban J connectivity index is 1.62. The molecule has 1 aromatic heterocycles. The molecular weight excluding hydrogens is 364 g/mol. The van der Waals surface area contributed by atoms with Crippen molar-refractivity contribution in [3.05, 3.63) is 94.8 Å². The summed E-state index contributed by atoms with van der Waals surface area (Å²) >= 11 is 0. The van der Waals surface area contributed by atoms with Crippen LogP contribution in [0.3, 0.4) is 0 Å². The SMILES string of the molecule is Cc1ccc(OCC(O)Cn2nc(-c3ccccc3)c3ccccc3c2=O)cc1. The van der Waals surface area contributed by atoms with Crippen molar-refractivity contribution >= 4 is 10.8 Å². The quantitative estimate of drug-likeness (QED) is 0.547. The van der Waals surface area contributed by atoms with Gasteiger partial charge in [-0.1, -0.05) is 66.2 Å². The monoisotopic (exact) mass is 386 g/mol. The van der Waals surface area contributed by atoms with E-state index >= 15 is 0 Å². The van der Waals surface area contributed by atoms with Crippen molar-refractivity contribution in [2.24, 2.45) is 0 Å². The lowest BCUT2D eigenvalue weighted by atomic mass is 10.1. The molecule has 0 radical (unpaired) electrons. The summed E-state index contributed by atoms with van der Waals surface area (Å²) in [6, 6.07) is 24.7. The number of aliphatic hydroxyl groups excluding tert-OH is 1. The first-order chi connectivity index (χ1) is 14.1. The van der Waals surface area contributed by atoms with Crippen molar-refractivity contribution in [1.29, 1.82) is 0 Å². The molecule has 3 aromatic carbocycles. The topological polar surface area (TPSA) is 64.3 Å². The van der Waals surface area contributed by atoms with Crippen molar-refractivity contribution in [3.8, 4) is 17.0 Å². The van der Waals surface area contributed by atoms with Gasteiger partial charge in [-0.2, -0.15) is 5.10 Å². The molecule has 5 heteroatoms. The third kappa shape index (κ3) is 4.20. The molecule has 146 valence electrons. The molecule has 0 amide bonds. The first-order valence-electron chi connectivity index (χ1n) is 9.54. The van der Waals surface area contributed by atoms with E-state index in [1.807, 2.05) is 79.7 Å². The maximum absolute atomic E-state index is 12.9. The highest BCUT2D eigenvalue weighted by Crippen LogP contribution is 2.24. The molecule has 0 bridgehead atoms. The van der Waals surface area contributed by atoms with Crippen LogP contribution < -0.4 is 10.3 Å². The van der Waals surface area contributed by atoms with Gasteiger partial charge in [-0.25, -0.2) is 4.68 Å². The van der Waals surface area contributed by atoms with Crippen molar-refractivity contribution in [2.45, 2.75) is 19.6 Å². The fourth-order valence-corrected chi connectivity index (χ4v) is 3.25. The Morgan fingerprint density at radius 3 is 2.31 bits per heavy atom. The third-order valence-electron chi connectivity index (χ3n) is 4.76. The number of benzene rings is 3. The Kier molecular flexibility index (Phi) is 5.40. The molecule has 29 heavy (non-hydrogen) atoms. The highest BCUT2D eigenvalue weighted by Gasteiger charge is 2.15. The van der Waals surface area contributed by atoms with Gasteiger partial charge >= 0.3 is 0 Å². The second kappa shape index (κ2) is 8.29. The first-order valence-corrected chi connectivity index (χ1v) is 9.54. The molecule has 0 aliphatic rings. The molecule has 0 aliphatic carbocycles. The molecule has 0 spiro atoms. The van der Waals surface area contributed by atoms with Crippen molar-refractivity contribution in [3.63, 3.8) is 0 Å². The van der Waals surface area contributed by atoms with E-state index in [1.165, 1.54) is 4.68 Å². The second-order valence-corrected chi connectivity index (χ2v) is 7.03. The summed E-state index contributed by atoms with van der Waals surface area (Å²) in [6.07, 6.45) is -0.869. The number of aliphatic hydroxyl groups is 1. The Hall–Kier alpha value is -3.44. The second-order valence-electron chi connectivity index (χ2n) is 7.03. The lowest BCUT2D eigenvalue weighted by molar-refractivity contribution is 0.0882. The van der Waals surface area contributed by atoms with Gasteiger partial charge in [0.05, 0.1) is 17.6 Å². The summed E-state index contributed by atoms with van der Waals surface area (Å²) in [4.78, 5) is 12.9. The van der Waals surface area contributed by atoms with Crippen molar-refractivity contribution < 1.29 is 9.84 Å². The standard InChI is InChI=1S/C24H22N2O3/c1-17-11-13-20(14-12-17)29-16-19(27)15-26-24(28)22-10-6-5-9-21(22)23(25-26)18-7-3-2-4-8-18/h2-14,19,27H,15-16H2,1H3. The number of aromatic nitrogens is 2. The Bertz CT molecular complexity index is 1170. The zero-order valence-electron chi connectivity index (χ0n) is 16.2. The van der Waals surface area contributed by atoms with Crippen LogP contribution >= 0.6 is 0 Å². The molecule has 5 nitrogen and oxygen atoms in total. The number of ether oxygens (including phenoxy) is 1. The van der Waals surface area contributed by atoms with E-state index in [0.717, 1.165) is 16.5 Å². The minimum atomic E-state index is -0.869. The van der Waals surface area contributed by atoms with Crippen molar-refractivity contribution in [1.82, 2.24) is 9.78 Å². The van der Waals surface area contributed by atoms with Gasteiger partial charge in [0.25, 0.3) is 5.56 Å². The summed E-state index contributed by atoms with van der Waals surface area (Å²) < 4.78 is 6.97. The summed E-state index contributed by atoms with van der Waals surface area (Å²) in [7, 11) is 0. The van der Waals surface area contributed by atoms with Crippen LogP contribution in [-0.4, -0.2) is 27.6 Å². The van der Waals surface area contributed by atoms with Gasteiger partial charge < -0.3 is 9.84 Å². The lowest BCUT2D eigenvalue weighted by Gasteiger charge is -2.15. The molecule has 1 unspecified atom stereocenters. The molecule has 4 aromatic rings. The number of nitrogens with zero attached hydrogens (tertiary/aromatic N) is 2. The van der Waals surface area contributed by atoms with E-state index in [4.69, 9.17) is 4.74 Å². The number of fused-ring (bicyclic) bond motifs is 1. The smallest absolute Gasteiger partial charge is 0.274 e.